The number of phenols is 1. The smallest absolute Gasteiger partial charge is 0.307 e. The second-order valence-electron chi connectivity index (χ2n) is 5.46. The van der Waals surface area contributed by atoms with E-state index in [1.807, 2.05) is 22.6 Å². The van der Waals surface area contributed by atoms with E-state index in [4.69, 9.17) is 9.15 Å². The molecule has 0 fully saturated rings. The number of rotatable bonds is 5. The van der Waals surface area contributed by atoms with Crippen LogP contribution in [0.4, 0.5) is 5.69 Å². The van der Waals surface area contributed by atoms with Crippen LogP contribution in [0.2, 0.25) is 0 Å². The molecule has 28 heavy (non-hydrogen) atoms. The number of hydrazone groups is 1. The number of amides is 1. The highest BCUT2D eigenvalue weighted by molar-refractivity contribution is 14.1. The van der Waals surface area contributed by atoms with E-state index in [0.29, 0.717) is 14.5 Å². The van der Waals surface area contributed by atoms with Crippen molar-refractivity contribution in [3.8, 4) is 11.5 Å². The molecule has 3 aromatic rings. The number of aromatic hydroxyl groups is 1. The number of nitro groups is 1. The molecule has 0 saturated heterocycles. The number of non-ortho nitro benzene ring substituents is 1. The Balaban J connectivity index is 1.85. The topological polar surface area (TPSA) is 127 Å². The summed E-state index contributed by atoms with van der Waals surface area (Å²) in [6.07, 6.45) is 1.29. The Kier molecular flexibility index (Phi) is 5.84. The van der Waals surface area contributed by atoms with Gasteiger partial charge in [0.15, 0.2) is 17.1 Å². The highest BCUT2D eigenvalue weighted by atomic mass is 127. The molecule has 0 bridgehead atoms. The van der Waals surface area contributed by atoms with Gasteiger partial charge in [0.25, 0.3) is 5.69 Å². The van der Waals surface area contributed by atoms with Crippen LogP contribution in [0.25, 0.3) is 11.0 Å². The molecule has 1 amide bonds. The number of ether oxygens (including phenoxy) is 1. The first kappa shape index (κ1) is 20.1. The van der Waals surface area contributed by atoms with Crippen LogP contribution in [0, 0.1) is 13.7 Å². The number of hydrogen-bond donors (Lipinski definition) is 2. The fraction of sp³-hybridized carbons (Fsp3) is 0.0588. The van der Waals surface area contributed by atoms with Crippen LogP contribution in [-0.2, 0) is 0 Å². The third-order valence-electron chi connectivity index (χ3n) is 3.65. The summed E-state index contributed by atoms with van der Waals surface area (Å²) >= 11 is 5.28. The van der Waals surface area contributed by atoms with E-state index in [1.54, 1.807) is 12.1 Å². The summed E-state index contributed by atoms with van der Waals surface area (Å²) in [6, 6.07) is 7.21. The van der Waals surface area contributed by atoms with Crippen LogP contribution in [0.15, 0.2) is 44.3 Å². The molecule has 0 unspecified atom stereocenters. The van der Waals surface area contributed by atoms with E-state index >= 15 is 0 Å². The fourth-order valence-electron chi connectivity index (χ4n) is 2.37. The van der Waals surface area contributed by atoms with Crippen LogP contribution in [-0.4, -0.2) is 29.3 Å². The van der Waals surface area contributed by atoms with E-state index in [0.717, 1.165) is 4.47 Å². The Labute approximate surface area is 179 Å². The van der Waals surface area contributed by atoms with Crippen molar-refractivity contribution in [2.45, 2.75) is 0 Å². The van der Waals surface area contributed by atoms with Gasteiger partial charge in [0.2, 0.25) is 0 Å². The number of hydrogen-bond acceptors (Lipinski definition) is 7. The molecule has 11 heteroatoms. The molecule has 2 N–H and O–H groups in total. The third-order valence-corrected chi connectivity index (χ3v) is 4.93. The number of carbonyl (C=O) groups is 1. The van der Waals surface area contributed by atoms with Crippen molar-refractivity contribution in [1.82, 2.24) is 5.43 Å². The van der Waals surface area contributed by atoms with Crippen molar-refractivity contribution in [2.24, 2.45) is 5.10 Å². The number of nitrogens with zero attached hydrogens (tertiary/aromatic N) is 2. The van der Waals surface area contributed by atoms with Crippen LogP contribution in [0.3, 0.4) is 0 Å². The highest BCUT2D eigenvalue weighted by Crippen LogP contribution is 2.33. The van der Waals surface area contributed by atoms with E-state index in [-0.39, 0.29) is 28.5 Å². The molecule has 0 saturated carbocycles. The van der Waals surface area contributed by atoms with Gasteiger partial charge in [0, 0.05) is 21.5 Å². The number of carbonyl (C=O) groups excluding carboxylic acids is 1. The second-order valence-corrected chi connectivity index (χ2v) is 7.54. The van der Waals surface area contributed by atoms with Crippen molar-refractivity contribution >= 4 is 67.3 Å². The van der Waals surface area contributed by atoms with E-state index in [2.05, 4.69) is 26.5 Å². The molecule has 0 spiro atoms. The van der Waals surface area contributed by atoms with E-state index < -0.39 is 10.8 Å². The minimum atomic E-state index is -0.665. The van der Waals surface area contributed by atoms with Gasteiger partial charge in [0.05, 0.1) is 27.9 Å². The van der Waals surface area contributed by atoms with E-state index in [9.17, 15) is 20.0 Å². The fourth-order valence-corrected chi connectivity index (χ4v) is 3.92. The number of nitro benzene ring substituents is 1. The Morgan fingerprint density at radius 2 is 2.14 bits per heavy atom. The Morgan fingerprint density at radius 3 is 2.82 bits per heavy atom. The van der Waals surface area contributed by atoms with E-state index in [1.165, 1.54) is 31.5 Å². The summed E-state index contributed by atoms with van der Waals surface area (Å²) in [7, 11) is 1.34. The van der Waals surface area contributed by atoms with Crippen molar-refractivity contribution in [2.75, 3.05) is 7.11 Å². The van der Waals surface area contributed by atoms with Crippen LogP contribution >= 0.6 is 38.5 Å². The van der Waals surface area contributed by atoms with Gasteiger partial charge < -0.3 is 14.3 Å². The average Bonchev–Trinajstić information content (AvgIpc) is 3.08. The minimum absolute atomic E-state index is 0.0302. The van der Waals surface area contributed by atoms with Gasteiger partial charge in [-0.15, -0.1) is 0 Å². The molecule has 2 aromatic carbocycles. The highest BCUT2D eigenvalue weighted by Gasteiger charge is 2.19. The zero-order chi connectivity index (χ0) is 20.4. The van der Waals surface area contributed by atoms with Gasteiger partial charge in [-0.1, -0.05) is 15.9 Å². The number of fused-ring (bicyclic) bond motifs is 1. The molecule has 3 rings (SSSR count). The first-order valence-electron chi connectivity index (χ1n) is 7.57. The van der Waals surface area contributed by atoms with Crippen molar-refractivity contribution in [3.63, 3.8) is 0 Å². The molecular weight excluding hydrogens is 549 g/mol. The summed E-state index contributed by atoms with van der Waals surface area (Å²) in [6.45, 7) is 0. The molecule has 9 nitrogen and oxygen atoms in total. The van der Waals surface area contributed by atoms with Gasteiger partial charge in [-0.05, 0) is 40.8 Å². The van der Waals surface area contributed by atoms with Gasteiger partial charge in [-0.3, -0.25) is 14.9 Å². The van der Waals surface area contributed by atoms with Crippen LogP contribution in [0.5, 0.6) is 11.5 Å². The number of furan rings is 1. The third kappa shape index (κ3) is 4.09. The maximum absolute atomic E-state index is 12.3. The maximum atomic E-state index is 12.3. The normalized spacial score (nSPS) is 11.1. The first-order chi connectivity index (χ1) is 13.3. The molecule has 1 aromatic heterocycles. The lowest BCUT2D eigenvalue weighted by Gasteiger charge is -2.02. The van der Waals surface area contributed by atoms with Crippen molar-refractivity contribution in [3.05, 3.63) is 59.8 Å². The zero-order valence-electron chi connectivity index (χ0n) is 14.1. The lowest BCUT2D eigenvalue weighted by Crippen LogP contribution is -2.16. The molecule has 0 atom stereocenters. The first-order valence-corrected chi connectivity index (χ1v) is 9.44. The average molecular weight is 560 g/mol. The molecule has 144 valence electrons. The summed E-state index contributed by atoms with van der Waals surface area (Å²) in [4.78, 5) is 22.7. The molecule has 1 heterocycles. The largest absolute Gasteiger partial charge is 0.506 e. The summed E-state index contributed by atoms with van der Waals surface area (Å²) in [5.41, 5.74) is 2.71. The quantitative estimate of drug-likeness (QED) is 0.209. The summed E-state index contributed by atoms with van der Waals surface area (Å²) in [5, 5.41) is 25.2. The summed E-state index contributed by atoms with van der Waals surface area (Å²) < 4.78 is 11.9. The lowest BCUT2D eigenvalue weighted by atomic mass is 10.2. The van der Waals surface area contributed by atoms with Gasteiger partial charge >= 0.3 is 5.91 Å². The second kappa shape index (κ2) is 8.14. The minimum Gasteiger partial charge on any atom is -0.506 e. The number of nitrogens with one attached hydrogen (secondary N) is 1. The standard InChI is InChI=1S/C17H11BrIN3O6/c1-27-13-6-11(22(25)26)3-8-4-14(28-16(8)13)17(24)21-20-7-9-2-10(18)5-12(19)15(9)23/h2-7,23H,1H3,(H,21,24)/b20-7-. The molecular formula is C17H11BrIN3O6. The van der Waals surface area contributed by atoms with Gasteiger partial charge in [-0.25, -0.2) is 5.43 Å². The number of benzene rings is 2. The Morgan fingerprint density at radius 1 is 1.39 bits per heavy atom. The predicted molar refractivity (Wildman–Crippen MR) is 113 cm³/mol. The van der Waals surface area contributed by atoms with Crippen LogP contribution < -0.4 is 10.2 Å². The molecule has 0 aliphatic heterocycles. The number of halogens is 2. The Bertz CT molecular complexity index is 1130. The Hall–Kier alpha value is -2.67. The number of phenolic OH excluding ortho intramolecular Hbond substituents is 1. The number of methoxy groups -OCH3 is 1. The van der Waals surface area contributed by atoms with Gasteiger partial charge in [0.1, 0.15) is 5.75 Å². The predicted octanol–water partition coefficient (Wildman–Crippen LogP) is 4.19. The van der Waals surface area contributed by atoms with Gasteiger partial charge in [-0.2, -0.15) is 5.10 Å². The molecule has 0 aliphatic rings. The maximum Gasteiger partial charge on any atom is 0.307 e. The molecule has 0 aliphatic carbocycles. The summed E-state index contributed by atoms with van der Waals surface area (Å²) in [5.74, 6) is -0.594. The van der Waals surface area contributed by atoms with Crippen LogP contribution in [0.1, 0.15) is 16.1 Å². The lowest BCUT2D eigenvalue weighted by molar-refractivity contribution is -0.384. The monoisotopic (exact) mass is 559 g/mol. The molecule has 0 radical (unpaired) electrons. The van der Waals surface area contributed by atoms with Crippen molar-refractivity contribution in [1.29, 1.82) is 0 Å². The SMILES string of the molecule is COc1cc([N+](=O)[O-])cc2cc(C(=O)N/N=C\c3cc(Br)cc(I)c3O)oc12. The zero-order valence-corrected chi connectivity index (χ0v) is 17.8. The van der Waals surface area contributed by atoms with Crippen molar-refractivity contribution < 1.29 is 24.0 Å².